The van der Waals surface area contributed by atoms with E-state index in [1.807, 2.05) is 78.2 Å². The van der Waals surface area contributed by atoms with Crippen LogP contribution in [0.3, 0.4) is 0 Å². The zero-order valence-corrected chi connectivity index (χ0v) is 22.7. The van der Waals surface area contributed by atoms with Gasteiger partial charge in [-0.2, -0.15) is 5.10 Å². The van der Waals surface area contributed by atoms with Gasteiger partial charge in [0.1, 0.15) is 12.4 Å². The number of nitrogens with zero attached hydrogens (tertiary/aromatic N) is 2. The molecule has 6 nitrogen and oxygen atoms in total. The van der Waals surface area contributed by atoms with Crippen molar-refractivity contribution in [2.75, 3.05) is 5.32 Å². The number of nitrogens with one attached hydrogen (secondary N) is 2. The molecule has 39 heavy (non-hydrogen) atoms. The largest absolute Gasteiger partial charge is 0.488 e. The summed E-state index contributed by atoms with van der Waals surface area (Å²) in [4.78, 5) is 17.3. The molecule has 1 amide bonds. The second kappa shape index (κ2) is 12.4. The highest BCUT2D eigenvalue weighted by Crippen LogP contribution is 2.27. The van der Waals surface area contributed by atoms with E-state index in [2.05, 4.69) is 39.9 Å². The third-order valence-electron chi connectivity index (χ3n) is 5.82. The summed E-state index contributed by atoms with van der Waals surface area (Å²) in [5.41, 5.74) is 8.75. The van der Waals surface area contributed by atoms with Gasteiger partial charge >= 0.3 is 0 Å². The van der Waals surface area contributed by atoms with E-state index >= 15 is 0 Å². The first kappa shape index (κ1) is 26.2. The molecule has 194 valence electrons. The number of thiazole rings is 1. The molecule has 0 aliphatic rings. The predicted octanol–water partition coefficient (Wildman–Crippen LogP) is 7.86. The first-order valence-corrected chi connectivity index (χ1v) is 13.5. The van der Waals surface area contributed by atoms with Gasteiger partial charge in [-0.1, -0.05) is 65.7 Å². The molecule has 0 atom stereocenters. The molecule has 0 radical (unpaired) electrons. The summed E-state index contributed by atoms with van der Waals surface area (Å²) in [5.74, 6) is 0.342. The van der Waals surface area contributed by atoms with Crippen LogP contribution in [0.15, 0.2) is 108 Å². The lowest BCUT2D eigenvalue weighted by Crippen LogP contribution is -2.17. The zero-order chi connectivity index (χ0) is 27.0. The van der Waals surface area contributed by atoms with Crippen molar-refractivity contribution in [1.29, 1.82) is 0 Å². The molecular weight excluding hydrogens is 528 g/mol. The van der Waals surface area contributed by atoms with Gasteiger partial charge in [-0.05, 0) is 61.0 Å². The first-order valence-electron chi connectivity index (χ1n) is 12.2. The monoisotopic (exact) mass is 552 g/mol. The highest BCUT2D eigenvalue weighted by atomic mass is 35.5. The van der Waals surface area contributed by atoms with Crippen molar-refractivity contribution in [3.05, 3.63) is 130 Å². The van der Waals surface area contributed by atoms with Gasteiger partial charge < -0.3 is 10.1 Å². The Labute approximate surface area is 236 Å². The van der Waals surface area contributed by atoms with Crippen LogP contribution in [0.5, 0.6) is 5.75 Å². The molecule has 1 heterocycles. The van der Waals surface area contributed by atoms with E-state index in [4.69, 9.17) is 16.3 Å². The highest BCUT2D eigenvalue weighted by molar-refractivity contribution is 7.14. The molecule has 8 heteroatoms. The standard InChI is InChI=1S/C31H25ClN4O2S/c1-21-9-15-27(16-10-21)34-31-35-28(20-39-31)23-11-13-24(14-12-23)30(37)36-33-18-25-6-2-3-8-29(25)38-19-22-5-4-7-26(32)17-22/h2-18,20H,19H2,1H3,(H,34,35)(H,36,37)/b33-18-. The van der Waals surface area contributed by atoms with Crippen molar-refractivity contribution >= 4 is 45.9 Å². The Morgan fingerprint density at radius 1 is 1.00 bits per heavy atom. The molecule has 0 bridgehead atoms. The Bertz CT molecular complexity index is 1600. The number of carbonyl (C=O) groups is 1. The second-order valence-electron chi connectivity index (χ2n) is 8.76. The first-order chi connectivity index (χ1) is 19.0. The van der Waals surface area contributed by atoms with Gasteiger partial charge in [0.2, 0.25) is 0 Å². The number of para-hydroxylation sites is 1. The minimum Gasteiger partial charge on any atom is -0.488 e. The van der Waals surface area contributed by atoms with Gasteiger partial charge in [0, 0.05) is 32.8 Å². The van der Waals surface area contributed by atoms with Gasteiger partial charge in [-0.15, -0.1) is 11.3 Å². The number of ether oxygens (including phenoxy) is 1. The molecule has 0 unspecified atom stereocenters. The zero-order valence-electron chi connectivity index (χ0n) is 21.1. The molecular formula is C31H25ClN4O2S. The third kappa shape index (κ3) is 7.10. The van der Waals surface area contributed by atoms with Crippen molar-refractivity contribution < 1.29 is 9.53 Å². The van der Waals surface area contributed by atoms with Crippen LogP contribution in [0.2, 0.25) is 5.02 Å². The maximum Gasteiger partial charge on any atom is 0.271 e. The van der Waals surface area contributed by atoms with Crippen LogP contribution in [0, 0.1) is 6.92 Å². The summed E-state index contributed by atoms with van der Waals surface area (Å²) in [7, 11) is 0. The summed E-state index contributed by atoms with van der Waals surface area (Å²) in [6.45, 7) is 2.42. The van der Waals surface area contributed by atoms with Crippen molar-refractivity contribution in [3.63, 3.8) is 0 Å². The number of carbonyl (C=O) groups excluding carboxylic acids is 1. The van der Waals surface area contributed by atoms with Gasteiger partial charge in [-0.3, -0.25) is 4.79 Å². The molecule has 0 saturated carbocycles. The van der Waals surface area contributed by atoms with Crippen LogP contribution in [-0.2, 0) is 6.61 Å². The Balaban J connectivity index is 1.18. The highest BCUT2D eigenvalue weighted by Gasteiger charge is 2.09. The van der Waals surface area contributed by atoms with Crippen LogP contribution in [0.1, 0.15) is 27.0 Å². The summed E-state index contributed by atoms with van der Waals surface area (Å²) >= 11 is 7.59. The predicted molar refractivity (Wildman–Crippen MR) is 159 cm³/mol. The molecule has 0 aliphatic carbocycles. The number of aromatic nitrogens is 1. The van der Waals surface area contributed by atoms with Crippen molar-refractivity contribution in [3.8, 4) is 17.0 Å². The van der Waals surface area contributed by atoms with E-state index in [1.54, 1.807) is 18.3 Å². The topological polar surface area (TPSA) is 75.6 Å². The quantitative estimate of drug-likeness (QED) is 0.144. The Morgan fingerprint density at radius 3 is 2.59 bits per heavy atom. The van der Waals surface area contributed by atoms with E-state index in [0.717, 1.165) is 33.2 Å². The van der Waals surface area contributed by atoms with E-state index in [1.165, 1.54) is 16.9 Å². The molecule has 0 spiro atoms. The van der Waals surface area contributed by atoms with E-state index in [0.29, 0.717) is 22.9 Å². The Kier molecular flexibility index (Phi) is 8.31. The number of aryl methyl sites for hydroxylation is 1. The van der Waals surface area contributed by atoms with Crippen molar-refractivity contribution in [2.24, 2.45) is 5.10 Å². The third-order valence-corrected chi connectivity index (χ3v) is 6.81. The number of hydrogen-bond donors (Lipinski definition) is 2. The summed E-state index contributed by atoms with van der Waals surface area (Å²) in [6.07, 6.45) is 1.57. The lowest BCUT2D eigenvalue weighted by molar-refractivity contribution is 0.0955. The van der Waals surface area contributed by atoms with Gasteiger partial charge in [0.25, 0.3) is 5.91 Å². The SMILES string of the molecule is Cc1ccc(Nc2nc(-c3ccc(C(=O)N/N=C\c4ccccc4OCc4cccc(Cl)c4)cc3)cs2)cc1. The molecule has 1 aromatic heterocycles. The van der Waals surface area contributed by atoms with Crippen LogP contribution in [-0.4, -0.2) is 17.1 Å². The number of hydrogen-bond acceptors (Lipinski definition) is 6. The average molecular weight is 553 g/mol. The van der Waals surface area contributed by atoms with Gasteiger partial charge in [0.05, 0.1) is 11.9 Å². The number of anilines is 2. The molecule has 2 N–H and O–H groups in total. The molecule has 5 rings (SSSR count). The van der Waals surface area contributed by atoms with Gasteiger partial charge in [0.15, 0.2) is 5.13 Å². The summed E-state index contributed by atoms with van der Waals surface area (Å²) in [5, 5.41) is 10.9. The molecule has 4 aromatic carbocycles. The average Bonchev–Trinajstić information content (AvgIpc) is 3.42. The fraction of sp³-hybridized carbons (Fsp3) is 0.0645. The van der Waals surface area contributed by atoms with Gasteiger partial charge in [-0.25, -0.2) is 10.4 Å². The normalized spacial score (nSPS) is 10.9. The lowest BCUT2D eigenvalue weighted by atomic mass is 10.1. The summed E-state index contributed by atoms with van der Waals surface area (Å²) < 4.78 is 5.94. The maximum absolute atomic E-state index is 12.6. The molecule has 5 aromatic rings. The number of halogens is 1. The van der Waals surface area contributed by atoms with Crippen LogP contribution in [0.4, 0.5) is 10.8 Å². The minimum atomic E-state index is -0.310. The smallest absolute Gasteiger partial charge is 0.271 e. The van der Waals surface area contributed by atoms with E-state index < -0.39 is 0 Å². The fourth-order valence-electron chi connectivity index (χ4n) is 3.75. The van der Waals surface area contributed by atoms with E-state index in [-0.39, 0.29) is 5.91 Å². The number of benzene rings is 4. The molecule has 0 aliphatic heterocycles. The number of hydrazone groups is 1. The van der Waals surface area contributed by atoms with Crippen LogP contribution in [0.25, 0.3) is 11.3 Å². The molecule has 0 saturated heterocycles. The maximum atomic E-state index is 12.6. The lowest BCUT2D eigenvalue weighted by Gasteiger charge is -2.09. The number of rotatable bonds is 9. The molecule has 0 fully saturated rings. The second-order valence-corrected chi connectivity index (χ2v) is 10.1. The fourth-order valence-corrected chi connectivity index (χ4v) is 4.70. The van der Waals surface area contributed by atoms with Crippen LogP contribution < -0.4 is 15.5 Å². The minimum absolute atomic E-state index is 0.310. The Hall–Kier alpha value is -4.46. The van der Waals surface area contributed by atoms with E-state index in [9.17, 15) is 4.79 Å². The number of amides is 1. The van der Waals surface area contributed by atoms with Crippen molar-refractivity contribution in [1.82, 2.24) is 10.4 Å². The van der Waals surface area contributed by atoms with Crippen LogP contribution >= 0.6 is 22.9 Å². The van der Waals surface area contributed by atoms with Crippen molar-refractivity contribution in [2.45, 2.75) is 13.5 Å². The Morgan fingerprint density at radius 2 is 1.79 bits per heavy atom. The summed E-state index contributed by atoms with van der Waals surface area (Å²) in [6, 6.07) is 30.4.